The van der Waals surface area contributed by atoms with Gasteiger partial charge in [0.25, 0.3) is 0 Å². The Hall–Kier alpha value is -2.03. The Morgan fingerprint density at radius 3 is 2.65 bits per heavy atom. The van der Waals surface area contributed by atoms with Crippen molar-refractivity contribution in [3.05, 3.63) is 53.7 Å². The molecule has 0 aliphatic rings. The number of rotatable bonds is 6. The number of pyridine rings is 1. The zero-order chi connectivity index (χ0) is 14.4. The number of benzene rings is 1. The molecule has 3 nitrogen and oxygen atoms in total. The zero-order valence-corrected chi connectivity index (χ0v) is 12.6. The molecular weight excluding hydrogens is 246 g/mol. The largest absolute Gasteiger partial charge is 0.370 e. The molecule has 1 aromatic heterocycles. The van der Waals surface area contributed by atoms with Crippen molar-refractivity contribution in [2.24, 2.45) is 0 Å². The number of aromatic nitrogens is 1. The maximum absolute atomic E-state index is 4.65. The van der Waals surface area contributed by atoms with Crippen LogP contribution < -0.4 is 10.2 Å². The van der Waals surface area contributed by atoms with Gasteiger partial charge in [-0.05, 0) is 37.1 Å². The number of anilines is 2. The number of aryl methyl sites for hydroxylation is 1. The van der Waals surface area contributed by atoms with Crippen LogP contribution >= 0.6 is 0 Å². The van der Waals surface area contributed by atoms with Gasteiger partial charge in [-0.1, -0.05) is 31.2 Å². The van der Waals surface area contributed by atoms with Crippen LogP contribution in [0.4, 0.5) is 11.5 Å². The molecule has 1 heterocycles. The van der Waals surface area contributed by atoms with Crippen molar-refractivity contribution < 1.29 is 0 Å². The third-order valence-corrected chi connectivity index (χ3v) is 3.29. The first-order chi connectivity index (χ1) is 9.70. The van der Waals surface area contributed by atoms with Crippen LogP contribution in [0.5, 0.6) is 0 Å². The first-order valence-corrected chi connectivity index (χ1v) is 7.17. The Labute approximate surface area is 121 Å². The minimum absolute atomic E-state index is 0.812. The van der Waals surface area contributed by atoms with Gasteiger partial charge in [0.1, 0.15) is 5.82 Å². The van der Waals surface area contributed by atoms with E-state index in [2.05, 4.69) is 72.5 Å². The van der Waals surface area contributed by atoms with E-state index in [0.29, 0.717) is 0 Å². The fourth-order valence-corrected chi connectivity index (χ4v) is 2.24. The predicted molar refractivity (Wildman–Crippen MR) is 86.3 cm³/mol. The number of hydrogen-bond acceptors (Lipinski definition) is 3. The molecular formula is C17H23N3. The van der Waals surface area contributed by atoms with Crippen molar-refractivity contribution in [2.75, 3.05) is 23.8 Å². The highest BCUT2D eigenvalue weighted by Gasteiger charge is 2.06. The molecule has 0 radical (unpaired) electrons. The molecule has 0 bridgehead atoms. The number of hydrogen-bond donors (Lipinski definition) is 1. The lowest BCUT2D eigenvalue weighted by atomic mass is 10.2. The summed E-state index contributed by atoms with van der Waals surface area (Å²) in [5.41, 5.74) is 3.62. The molecule has 1 N–H and O–H groups in total. The highest BCUT2D eigenvalue weighted by Crippen LogP contribution is 2.19. The minimum atomic E-state index is 0.812. The molecule has 0 fully saturated rings. The molecule has 2 aromatic rings. The van der Waals surface area contributed by atoms with Crippen molar-refractivity contribution in [3.8, 4) is 0 Å². The van der Waals surface area contributed by atoms with Gasteiger partial charge in [0.15, 0.2) is 0 Å². The summed E-state index contributed by atoms with van der Waals surface area (Å²) in [5, 5.41) is 3.33. The Bertz CT molecular complexity index is 551. The van der Waals surface area contributed by atoms with E-state index < -0.39 is 0 Å². The van der Waals surface area contributed by atoms with Gasteiger partial charge >= 0.3 is 0 Å². The molecule has 0 aliphatic carbocycles. The van der Waals surface area contributed by atoms with E-state index in [0.717, 1.165) is 31.0 Å². The average molecular weight is 269 g/mol. The molecule has 106 valence electrons. The lowest BCUT2D eigenvalue weighted by Crippen LogP contribution is -2.18. The summed E-state index contributed by atoms with van der Waals surface area (Å²) in [6, 6.07) is 14.6. The summed E-state index contributed by atoms with van der Waals surface area (Å²) in [7, 11) is 2.11. The van der Waals surface area contributed by atoms with Crippen molar-refractivity contribution in [2.45, 2.75) is 26.8 Å². The second-order valence-electron chi connectivity index (χ2n) is 5.08. The van der Waals surface area contributed by atoms with Gasteiger partial charge in [0, 0.05) is 19.3 Å². The summed E-state index contributed by atoms with van der Waals surface area (Å²) in [5.74, 6) is 0.961. The molecule has 20 heavy (non-hydrogen) atoms. The molecule has 0 unspecified atom stereocenters. The Morgan fingerprint density at radius 2 is 1.90 bits per heavy atom. The van der Waals surface area contributed by atoms with Crippen LogP contribution in [-0.4, -0.2) is 18.6 Å². The molecule has 1 aromatic carbocycles. The van der Waals surface area contributed by atoms with E-state index in [1.54, 1.807) is 0 Å². The van der Waals surface area contributed by atoms with E-state index in [-0.39, 0.29) is 0 Å². The molecule has 0 saturated heterocycles. The summed E-state index contributed by atoms with van der Waals surface area (Å²) >= 11 is 0. The van der Waals surface area contributed by atoms with Crippen molar-refractivity contribution >= 4 is 11.5 Å². The van der Waals surface area contributed by atoms with Gasteiger partial charge in [0.05, 0.1) is 12.2 Å². The van der Waals surface area contributed by atoms with E-state index in [1.165, 1.54) is 11.3 Å². The first kappa shape index (κ1) is 14.4. The molecule has 0 saturated carbocycles. The second kappa shape index (κ2) is 6.94. The minimum Gasteiger partial charge on any atom is -0.370 e. The third kappa shape index (κ3) is 3.73. The Morgan fingerprint density at radius 1 is 1.10 bits per heavy atom. The van der Waals surface area contributed by atoms with Crippen LogP contribution in [0.15, 0.2) is 42.5 Å². The maximum Gasteiger partial charge on any atom is 0.126 e. The fourth-order valence-electron chi connectivity index (χ4n) is 2.24. The molecule has 0 atom stereocenters. The van der Waals surface area contributed by atoms with Crippen LogP contribution in [0.25, 0.3) is 0 Å². The Balaban J connectivity index is 2.08. The topological polar surface area (TPSA) is 28.2 Å². The monoisotopic (exact) mass is 269 g/mol. The standard InChI is InChI=1S/C17H23N3/c1-4-12-18-17-11-7-9-15(19-17)13-20(3)16-10-6-5-8-14(16)2/h5-11H,4,12-13H2,1-3H3,(H,18,19). The van der Waals surface area contributed by atoms with Crippen LogP contribution in [0.2, 0.25) is 0 Å². The summed E-state index contributed by atoms with van der Waals surface area (Å²) < 4.78 is 0. The average Bonchev–Trinajstić information content (AvgIpc) is 2.46. The SMILES string of the molecule is CCCNc1cccc(CN(C)c2ccccc2C)n1. The van der Waals surface area contributed by atoms with Gasteiger partial charge in [-0.15, -0.1) is 0 Å². The van der Waals surface area contributed by atoms with E-state index in [4.69, 9.17) is 0 Å². The number of para-hydroxylation sites is 1. The fraction of sp³-hybridized carbons (Fsp3) is 0.353. The number of nitrogens with zero attached hydrogens (tertiary/aromatic N) is 2. The van der Waals surface area contributed by atoms with E-state index in [1.807, 2.05) is 6.07 Å². The van der Waals surface area contributed by atoms with Crippen LogP contribution in [0.1, 0.15) is 24.6 Å². The lowest BCUT2D eigenvalue weighted by Gasteiger charge is -2.21. The van der Waals surface area contributed by atoms with E-state index in [9.17, 15) is 0 Å². The summed E-state index contributed by atoms with van der Waals surface area (Å²) in [6.45, 7) is 6.07. The summed E-state index contributed by atoms with van der Waals surface area (Å²) in [6.07, 6.45) is 1.11. The zero-order valence-electron chi connectivity index (χ0n) is 12.6. The molecule has 0 spiro atoms. The molecule has 0 amide bonds. The van der Waals surface area contributed by atoms with Crippen molar-refractivity contribution in [3.63, 3.8) is 0 Å². The Kier molecular flexibility index (Phi) is 4.99. The van der Waals surface area contributed by atoms with Crippen LogP contribution in [0.3, 0.4) is 0 Å². The highest BCUT2D eigenvalue weighted by atomic mass is 15.1. The molecule has 3 heteroatoms. The van der Waals surface area contributed by atoms with Gasteiger partial charge in [-0.2, -0.15) is 0 Å². The predicted octanol–water partition coefficient (Wildman–Crippen LogP) is 3.85. The lowest BCUT2D eigenvalue weighted by molar-refractivity contribution is 0.877. The maximum atomic E-state index is 4.65. The van der Waals surface area contributed by atoms with Crippen LogP contribution in [-0.2, 0) is 6.54 Å². The highest BCUT2D eigenvalue weighted by molar-refractivity contribution is 5.52. The molecule has 2 rings (SSSR count). The second-order valence-corrected chi connectivity index (χ2v) is 5.08. The van der Waals surface area contributed by atoms with Gasteiger partial charge in [-0.25, -0.2) is 4.98 Å². The quantitative estimate of drug-likeness (QED) is 0.863. The van der Waals surface area contributed by atoms with E-state index >= 15 is 0 Å². The van der Waals surface area contributed by atoms with Gasteiger partial charge in [0.2, 0.25) is 0 Å². The normalized spacial score (nSPS) is 10.3. The van der Waals surface area contributed by atoms with Crippen molar-refractivity contribution in [1.29, 1.82) is 0 Å². The third-order valence-electron chi connectivity index (χ3n) is 3.29. The first-order valence-electron chi connectivity index (χ1n) is 7.17. The van der Waals surface area contributed by atoms with Gasteiger partial charge in [-0.3, -0.25) is 0 Å². The summed E-state index contributed by atoms with van der Waals surface area (Å²) in [4.78, 5) is 6.89. The van der Waals surface area contributed by atoms with Crippen LogP contribution in [0, 0.1) is 6.92 Å². The van der Waals surface area contributed by atoms with Gasteiger partial charge < -0.3 is 10.2 Å². The smallest absolute Gasteiger partial charge is 0.126 e. The molecule has 0 aliphatic heterocycles. The number of nitrogens with one attached hydrogen (secondary N) is 1. The van der Waals surface area contributed by atoms with Crippen molar-refractivity contribution in [1.82, 2.24) is 4.98 Å².